The van der Waals surface area contributed by atoms with Crippen molar-refractivity contribution >= 4 is 34.1 Å². The average Bonchev–Trinajstić information content (AvgIpc) is 2.79. The predicted molar refractivity (Wildman–Crippen MR) is 120 cm³/mol. The van der Waals surface area contributed by atoms with Crippen LogP contribution in [0, 0.1) is 5.82 Å². The molecular weight excluding hydrogens is 399 g/mol. The van der Waals surface area contributed by atoms with E-state index in [4.69, 9.17) is 9.47 Å². The molecule has 0 unspecified atom stereocenters. The number of hydrogen-bond acceptors (Lipinski definition) is 5. The molecule has 2 heterocycles. The molecule has 1 aromatic heterocycles. The fourth-order valence-electron chi connectivity index (χ4n) is 3.73. The summed E-state index contributed by atoms with van der Waals surface area (Å²) in [5.41, 5.74) is 1.12. The molecule has 2 amide bonds. The number of hydrogen-bond donors (Lipinski definition) is 2. The molecule has 3 aromatic rings. The van der Waals surface area contributed by atoms with Gasteiger partial charge in [0.05, 0.1) is 14.2 Å². The number of amides is 2. The fraction of sp³-hybridized carbons (Fsp3) is 0.304. The van der Waals surface area contributed by atoms with Crippen LogP contribution in [0.1, 0.15) is 19.3 Å². The van der Waals surface area contributed by atoms with Crippen molar-refractivity contribution in [2.75, 3.05) is 42.8 Å². The van der Waals surface area contributed by atoms with Crippen LogP contribution in [-0.4, -0.2) is 38.3 Å². The van der Waals surface area contributed by atoms with Crippen molar-refractivity contribution in [3.63, 3.8) is 0 Å². The number of halogens is 1. The van der Waals surface area contributed by atoms with E-state index in [-0.39, 0.29) is 0 Å². The quantitative estimate of drug-likeness (QED) is 0.601. The summed E-state index contributed by atoms with van der Waals surface area (Å²) in [5.74, 6) is 1.40. The number of anilines is 3. The molecule has 162 valence electrons. The van der Waals surface area contributed by atoms with Crippen LogP contribution in [-0.2, 0) is 0 Å². The Morgan fingerprint density at radius 3 is 2.23 bits per heavy atom. The highest BCUT2D eigenvalue weighted by Crippen LogP contribution is 2.28. The molecule has 1 aliphatic rings. The van der Waals surface area contributed by atoms with Crippen molar-refractivity contribution in [1.82, 2.24) is 4.98 Å². The number of pyridine rings is 1. The first kappa shape index (κ1) is 20.7. The van der Waals surface area contributed by atoms with Gasteiger partial charge in [-0.05, 0) is 43.5 Å². The lowest BCUT2D eigenvalue weighted by atomic mass is 10.1. The standard InChI is InChI=1S/C23H25FN4O3/c1-30-18-11-17(12-19(14-18)31-2)26-23(29)25-16-10-15-6-7-21(27-22(15)20(24)13-16)28-8-4-3-5-9-28/h6-7,10-14H,3-5,8-9H2,1-2H3,(H2,25,26,29). The van der Waals surface area contributed by atoms with E-state index in [2.05, 4.69) is 20.5 Å². The predicted octanol–water partition coefficient (Wildman–Crippen LogP) is 5.03. The second-order valence-corrected chi connectivity index (χ2v) is 7.43. The molecule has 0 spiro atoms. The number of fused-ring (bicyclic) bond motifs is 1. The van der Waals surface area contributed by atoms with Crippen molar-refractivity contribution in [2.24, 2.45) is 0 Å². The van der Waals surface area contributed by atoms with Crippen LogP contribution in [0.15, 0.2) is 42.5 Å². The number of ether oxygens (including phenoxy) is 2. The lowest BCUT2D eigenvalue weighted by molar-refractivity contribution is 0.262. The zero-order valence-electron chi connectivity index (χ0n) is 17.6. The molecule has 2 N–H and O–H groups in total. The van der Waals surface area contributed by atoms with Crippen LogP contribution in [0.4, 0.5) is 26.4 Å². The van der Waals surface area contributed by atoms with E-state index < -0.39 is 11.8 Å². The van der Waals surface area contributed by atoms with E-state index in [0.29, 0.717) is 33.8 Å². The number of rotatable bonds is 5. The van der Waals surface area contributed by atoms with Crippen LogP contribution in [0.3, 0.4) is 0 Å². The van der Waals surface area contributed by atoms with Gasteiger partial charge in [-0.2, -0.15) is 0 Å². The first-order valence-electron chi connectivity index (χ1n) is 10.2. The SMILES string of the molecule is COc1cc(NC(=O)Nc2cc(F)c3nc(N4CCCCC4)ccc3c2)cc(OC)c1. The molecule has 1 saturated heterocycles. The van der Waals surface area contributed by atoms with E-state index in [0.717, 1.165) is 31.7 Å². The van der Waals surface area contributed by atoms with Gasteiger partial charge in [0.1, 0.15) is 22.8 Å². The Hall–Kier alpha value is -3.55. The minimum atomic E-state index is -0.507. The summed E-state index contributed by atoms with van der Waals surface area (Å²) in [6.07, 6.45) is 3.47. The minimum absolute atomic E-state index is 0.298. The van der Waals surface area contributed by atoms with Gasteiger partial charge in [0.15, 0.2) is 5.82 Å². The third-order valence-corrected chi connectivity index (χ3v) is 5.28. The normalized spacial score (nSPS) is 13.7. The first-order valence-corrected chi connectivity index (χ1v) is 10.2. The van der Waals surface area contributed by atoms with E-state index in [1.54, 1.807) is 24.3 Å². The third-order valence-electron chi connectivity index (χ3n) is 5.28. The Morgan fingerprint density at radius 1 is 0.935 bits per heavy atom. The van der Waals surface area contributed by atoms with E-state index in [9.17, 15) is 9.18 Å². The zero-order chi connectivity index (χ0) is 21.8. The maximum absolute atomic E-state index is 14.8. The summed E-state index contributed by atoms with van der Waals surface area (Å²) in [6, 6.07) is 11.2. The number of carbonyl (C=O) groups excluding carboxylic acids is 1. The second-order valence-electron chi connectivity index (χ2n) is 7.43. The Balaban J connectivity index is 1.51. The molecule has 0 radical (unpaired) electrons. The summed E-state index contributed by atoms with van der Waals surface area (Å²) in [7, 11) is 3.06. The number of benzene rings is 2. The largest absolute Gasteiger partial charge is 0.497 e. The van der Waals surface area contributed by atoms with Gasteiger partial charge in [-0.25, -0.2) is 14.2 Å². The number of nitrogens with zero attached hydrogens (tertiary/aromatic N) is 2. The third kappa shape index (κ3) is 4.79. The van der Waals surface area contributed by atoms with E-state index in [1.165, 1.54) is 26.7 Å². The van der Waals surface area contributed by atoms with Crippen molar-refractivity contribution in [2.45, 2.75) is 19.3 Å². The van der Waals surface area contributed by atoms with Crippen molar-refractivity contribution in [1.29, 1.82) is 0 Å². The molecule has 0 aliphatic carbocycles. The van der Waals surface area contributed by atoms with Crippen LogP contribution in [0.2, 0.25) is 0 Å². The molecule has 4 rings (SSSR count). The molecule has 0 saturated carbocycles. The molecule has 0 atom stereocenters. The Kier molecular flexibility index (Phi) is 6.06. The molecule has 2 aromatic carbocycles. The average molecular weight is 424 g/mol. The molecule has 1 fully saturated rings. The van der Waals surface area contributed by atoms with Gasteiger partial charge < -0.3 is 25.0 Å². The number of carbonyl (C=O) groups is 1. The zero-order valence-corrected chi connectivity index (χ0v) is 17.6. The molecule has 7 nitrogen and oxygen atoms in total. The van der Waals surface area contributed by atoms with Crippen LogP contribution < -0.4 is 25.0 Å². The maximum atomic E-state index is 14.8. The summed E-state index contributed by atoms with van der Waals surface area (Å²) in [5, 5.41) is 6.00. The first-order chi connectivity index (χ1) is 15.1. The summed E-state index contributed by atoms with van der Waals surface area (Å²) in [6.45, 7) is 1.88. The van der Waals surface area contributed by atoms with Gasteiger partial charge in [0, 0.05) is 48.0 Å². The molecule has 0 bridgehead atoms. The van der Waals surface area contributed by atoms with Gasteiger partial charge in [-0.15, -0.1) is 0 Å². The smallest absolute Gasteiger partial charge is 0.323 e. The fourth-order valence-corrected chi connectivity index (χ4v) is 3.73. The highest BCUT2D eigenvalue weighted by molar-refractivity contribution is 6.01. The van der Waals surface area contributed by atoms with Gasteiger partial charge in [0.2, 0.25) is 0 Å². The Labute approximate surface area is 180 Å². The maximum Gasteiger partial charge on any atom is 0.323 e. The lowest BCUT2D eigenvalue weighted by Gasteiger charge is -2.27. The number of piperidine rings is 1. The van der Waals surface area contributed by atoms with Gasteiger partial charge in [-0.1, -0.05) is 0 Å². The Bertz CT molecular complexity index is 1080. The summed E-state index contributed by atoms with van der Waals surface area (Å²) < 4.78 is 25.2. The van der Waals surface area contributed by atoms with E-state index >= 15 is 0 Å². The highest BCUT2D eigenvalue weighted by Gasteiger charge is 2.15. The Morgan fingerprint density at radius 2 is 1.58 bits per heavy atom. The topological polar surface area (TPSA) is 75.7 Å². The van der Waals surface area contributed by atoms with Crippen LogP contribution in [0.25, 0.3) is 10.9 Å². The van der Waals surface area contributed by atoms with Crippen molar-refractivity contribution in [3.8, 4) is 11.5 Å². The van der Waals surface area contributed by atoms with Gasteiger partial charge in [-0.3, -0.25) is 0 Å². The lowest BCUT2D eigenvalue weighted by Crippen LogP contribution is -2.30. The molecule has 31 heavy (non-hydrogen) atoms. The number of methoxy groups -OCH3 is 2. The number of urea groups is 1. The van der Waals surface area contributed by atoms with Crippen molar-refractivity contribution < 1.29 is 18.7 Å². The second kappa shape index (κ2) is 9.07. The molecule has 8 heteroatoms. The van der Waals surface area contributed by atoms with Gasteiger partial charge >= 0.3 is 6.03 Å². The summed E-state index contributed by atoms with van der Waals surface area (Å²) >= 11 is 0. The van der Waals surface area contributed by atoms with Gasteiger partial charge in [0.25, 0.3) is 0 Å². The van der Waals surface area contributed by atoms with Crippen LogP contribution >= 0.6 is 0 Å². The number of aromatic nitrogens is 1. The van der Waals surface area contributed by atoms with E-state index in [1.807, 2.05) is 12.1 Å². The molecular formula is C23H25FN4O3. The summed E-state index contributed by atoms with van der Waals surface area (Å²) in [4.78, 5) is 19.1. The van der Waals surface area contributed by atoms with Crippen LogP contribution in [0.5, 0.6) is 11.5 Å². The highest BCUT2D eigenvalue weighted by atomic mass is 19.1. The minimum Gasteiger partial charge on any atom is -0.497 e. The monoisotopic (exact) mass is 424 g/mol. The van der Waals surface area contributed by atoms with Crippen molar-refractivity contribution in [3.05, 3.63) is 48.3 Å². The molecule has 1 aliphatic heterocycles. The number of nitrogens with one attached hydrogen (secondary N) is 2.